The second-order valence-corrected chi connectivity index (χ2v) is 6.20. The van der Waals surface area contributed by atoms with E-state index >= 15 is 0 Å². The van der Waals surface area contributed by atoms with Crippen LogP contribution in [-0.4, -0.2) is 80.5 Å². The highest BCUT2D eigenvalue weighted by atomic mass is 16.8. The summed E-state index contributed by atoms with van der Waals surface area (Å²) in [4.78, 5) is 12.0. The van der Waals surface area contributed by atoms with Crippen molar-refractivity contribution in [3.8, 4) is 0 Å². The van der Waals surface area contributed by atoms with Gasteiger partial charge in [0.15, 0.2) is 17.7 Å². The molecule has 3 rings (SSSR count). The molecule has 134 valence electrons. The third-order valence-corrected chi connectivity index (χ3v) is 4.64. The Morgan fingerprint density at radius 2 is 1.92 bits per heavy atom. The highest BCUT2D eigenvalue weighted by molar-refractivity contribution is 6.02. The van der Waals surface area contributed by atoms with Gasteiger partial charge in [-0.2, -0.15) is 0 Å². The number of aliphatic hydroxyl groups is 5. The average molecular weight is 344 g/mol. The van der Waals surface area contributed by atoms with Crippen LogP contribution < -0.4 is 0 Å². The Kier molecular flexibility index (Phi) is 4.51. The minimum Gasteiger partial charge on any atom is -0.472 e. The van der Waals surface area contributed by atoms with Crippen molar-refractivity contribution in [2.45, 2.75) is 49.5 Å². The molecule has 0 saturated carbocycles. The zero-order valence-electron chi connectivity index (χ0n) is 12.8. The van der Waals surface area contributed by atoms with Crippen molar-refractivity contribution >= 4 is 5.78 Å². The number of hydrogen-bond acceptors (Lipinski definition) is 9. The summed E-state index contributed by atoms with van der Waals surface area (Å²) in [5.41, 5.74) is -1.28. The zero-order chi connectivity index (χ0) is 17.6. The van der Waals surface area contributed by atoms with E-state index in [0.717, 1.165) is 6.26 Å². The molecule has 0 bridgehead atoms. The van der Waals surface area contributed by atoms with E-state index in [1.807, 2.05) is 0 Å². The molecule has 1 saturated heterocycles. The Balaban J connectivity index is 1.79. The lowest BCUT2D eigenvalue weighted by Gasteiger charge is -2.43. The Bertz CT molecular complexity index is 571. The fourth-order valence-electron chi connectivity index (χ4n) is 3.24. The molecule has 0 aromatic carbocycles. The lowest BCUT2D eigenvalue weighted by Crippen LogP contribution is -2.61. The van der Waals surface area contributed by atoms with Gasteiger partial charge in [0, 0.05) is 0 Å². The molecule has 0 spiro atoms. The van der Waals surface area contributed by atoms with Crippen LogP contribution in [0.3, 0.4) is 0 Å². The topological polar surface area (TPSA) is 146 Å². The maximum atomic E-state index is 12.0. The van der Waals surface area contributed by atoms with Crippen LogP contribution in [0.5, 0.6) is 0 Å². The first kappa shape index (κ1) is 17.5. The molecule has 2 aliphatic heterocycles. The highest BCUT2D eigenvalue weighted by Crippen LogP contribution is 2.41. The second kappa shape index (κ2) is 6.19. The van der Waals surface area contributed by atoms with Crippen molar-refractivity contribution in [1.82, 2.24) is 0 Å². The van der Waals surface area contributed by atoms with E-state index in [0.29, 0.717) is 5.57 Å². The van der Waals surface area contributed by atoms with Crippen LogP contribution in [0.1, 0.15) is 6.92 Å². The van der Waals surface area contributed by atoms with Crippen molar-refractivity contribution in [3.63, 3.8) is 0 Å². The van der Waals surface area contributed by atoms with Crippen LogP contribution in [0.15, 0.2) is 24.0 Å². The third kappa shape index (κ3) is 2.58. The Labute approximate surface area is 137 Å². The van der Waals surface area contributed by atoms with Crippen LogP contribution in [-0.2, 0) is 19.0 Å². The normalized spacial score (nSPS) is 48.0. The number of hydrogen-bond donors (Lipinski definition) is 5. The summed E-state index contributed by atoms with van der Waals surface area (Å²) in [5.74, 6) is -1.35. The van der Waals surface area contributed by atoms with E-state index in [9.17, 15) is 30.3 Å². The van der Waals surface area contributed by atoms with Crippen LogP contribution >= 0.6 is 0 Å². The molecule has 1 fully saturated rings. The van der Waals surface area contributed by atoms with Gasteiger partial charge in [-0.1, -0.05) is 5.57 Å². The zero-order valence-corrected chi connectivity index (χ0v) is 12.8. The average Bonchev–Trinajstić information content (AvgIpc) is 2.78. The molecule has 1 unspecified atom stereocenters. The summed E-state index contributed by atoms with van der Waals surface area (Å²) in [6.07, 6.45) is -4.80. The van der Waals surface area contributed by atoms with Crippen molar-refractivity contribution in [2.24, 2.45) is 5.92 Å². The molecule has 0 amide bonds. The summed E-state index contributed by atoms with van der Waals surface area (Å²) in [6.45, 7) is 1.04. The largest absolute Gasteiger partial charge is 0.472 e. The van der Waals surface area contributed by atoms with Gasteiger partial charge in [0.05, 0.1) is 18.8 Å². The third-order valence-electron chi connectivity index (χ3n) is 4.64. The van der Waals surface area contributed by atoms with Gasteiger partial charge in [0.2, 0.25) is 6.29 Å². The second-order valence-electron chi connectivity index (χ2n) is 6.20. The minimum atomic E-state index is -1.80. The summed E-state index contributed by atoms with van der Waals surface area (Å²) < 4.78 is 16.1. The van der Waals surface area contributed by atoms with E-state index in [2.05, 4.69) is 0 Å². The molecule has 0 radical (unpaired) electrons. The highest BCUT2D eigenvalue weighted by Gasteiger charge is 2.55. The molecule has 24 heavy (non-hydrogen) atoms. The quantitative estimate of drug-likeness (QED) is 0.376. The maximum Gasteiger partial charge on any atom is 0.211 e. The number of rotatable bonds is 3. The Hall–Kier alpha value is -1.33. The van der Waals surface area contributed by atoms with Crippen molar-refractivity contribution in [3.05, 3.63) is 24.0 Å². The molecule has 1 aliphatic carbocycles. The van der Waals surface area contributed by atoms with E-state index in [-0.39, 0.29) is 0 Å². The monoisotopic (exact) mass is 344 g/mol. The van der Waals surface area contributed by atoms with Crippen molar-refractivity contribution in [2.75, 3.05) is 6.61 Å². The van der Waals surface area contributed by atoms with Crippen LogP contribution in [0.4, 0.5) is 0 Å². The number of fused-ring (bicyclic) bond motifs is 1. The van der Waals surface area contributed by atoms with E-state index in [4.69, 9.17) is 14.2 Å². The van der Waals surface area contributed by atoms with Gasteiger partial charge in [-0.3, -0.25) is 4.79 Å². The number of carbonyl (C=O) groups excluding carboxylic acids is 1. The first-order chi connectivity index (χ1) is 11.3. The summed E-state index contributed by atoms with van der Waals surface area (Å²) in [7, 11) is 0. The fraction of sp³-hybridized carbons (Fsp3) is 0.667. The van der Waals surface area contributed by atoms with Crippen LogP contribution in [0, 0.1) is 5.92 Å². The lowest BCUT2D eigenvalue weighted by molar-refractivity contribution is -0.342. The number of ketones is 1. The molecular formula is C15H20O9. The number of ether oxygens (including phenoxy) is 3. The fourth-order valence-corrected chi connectivity index (χ4v) is 3.24. The van der Waals surface area contributed by atoms with Gasteiger partial charge in [0.1, 0.15) is 24.4 Å². The van der Waals surface area contributed by atoms with Crippen LogP contribution in [0.25, 0.3) is 0 Å². The minimum absolute atomic E-state index is 0.507. The molecule has 2 heterocycles. The Morgan fingerprint density at radius 1 is 1.21 bits per heavy atom. The summed E-state index contributed by atoms with van der Waals surface area (Å²) in [6, 6.07) is 0. The molecule has 8 atom stereocenters. The Morgan fingerprint density at radius 3 is 2.58 bits per heavy atom. The summed E-state index contributed by atoms with van der Waals surface area (Å²) in [5, 5.41) is 49.3. The van der Waals surface area contributed by atoms with Crippen LogP contribution in [0.2, 0.25) is 0 Å². The number of carbonyl (C=O) groups is 1. The first-order valence-electron chi connectivity index (χ1n) is 7.53. The standard InChI is InChI=1S/C15H20O9/c1-6-4-8(17)15(21)2-3-22-13(9(6)15)24-14-12(20)11(19)10(18)7(5-16)23-14/h2-4,7,9-14,16,18-21H,5H2,1H3/t7-,9-,10-,11+,12-,13?,14+,15-/m1/s1. The molecule has 3 aliphatic rings. The van der Waals surface area contributed by atoms with Crippen molar-refractivity contribution < 1.29 is 44.5 Å². The van der Waals surface area contributed by atoms with E-state index in [1.165, 1.54) is 12.2 Å². The van der Waals surface area contributed by atoms with Gasteiger partial charge in [-0.15, -0.1) is 0 Å². The predicted octanol–water partition coefficient (Wildman–Crippen LogP) is -2.45. The van der Waals surface area contributed by atoms with Gasteiger partial charge in [0.25, 0.3) is 0 Å². The predicted molar refractivity (Wildman–Crippen MR) is 76.1 cm³/mol. The number of aliphatic hydroxyl groups excluding tert-OH is 4. The van der Waals surface area contributed by atoms with Gasteiger partial charge < -0.3 is 39.7 Å². The molecule has 9 heteroatoms. The lowest BCUT2D eigenvalue weighted by atomic mass is 9.84. The summed E-state index contributed by atoms with van der Waals surface area (Å²) >= 11 is 0. The molecule has 5 N–H and O–H groups in total. The maximum absolute atomic E-state index is 12.0. The first-order valence-corrected chi connectivity index (χ1v) is 7.53. The molecular weight excluding hydrogens is 324 g/mol. The van der Waals surface area contributed by atoms with E-state index < -0.39 is 60.9 Å². The molecule has 0 aromatic rings. The van der Waals surface area contributed by atoms with Gasteiger partial charge in [-0.05, 0) is 19.1 Å². The van der Waals surface area contributed by atoms with Crippen molar-refractivity contribution in [1.29, 1.82) is 0 Å². The molecule has 9 nitrogen and oxygen atoms in total. The van der Waals surface area contributed by atoms with Gasteiger partial charge in [-0.25, -0.2) is 0 Å². The van der Waals surface area contributed by atoms with Gasteiger partial charge >= 0.3 is 0 Å². The molecule has 0 aromatic heterocycles. The van der Waals surface area contributed by atoms with E-state index in [1.54, 1.807) is 6.92 Å². The SMILES string of the molecule is CC1=CC(=O)[C@]2(O)C=COC(O[C@@H]3O[C@H](CO)[C@@H](O)[C@H](O)[C@H]3O)[C@@H]12. The smallest absolute Gasteiger partial charge is 0.211 e.